The van der Waals surface area contributed by atoms with E-state index in [1.54, 1.807) is 24.3 Å². The molecule has 2 rings (SSSR count). The van der Waals surface area contributed by atoms with Gasteiger partial charge in [0.25, 0.3) is 5.91 Å². The van der Waals surface area contributed by atoms with E-state index in [2.05, 4.69) is 16.0 Å². The summed E-state index contributed by atoms with van der Waals surface area (Å²) in [5.41, 5.74) is 1.32. The normalized spacial score (nSPS) is 18.0. The van der Waals surface area contributed by atoms with Crippen LogP contribution < -0.4 is 16.0 Å². The van der Waals surface area contributed by atoms with Gasteiger partial charge in [-0.1, -0.05) is 0 Å². The minimum absolute atomic E-state index is 0.000703. The second-order valence-corrected chi connectivity index (χ2v) is 6.06. The van der Waals surface area contributed by atoms with Crippen LogP contribution in [0.25, 0.3) is 0 Å². The molecule has 0 bridgehead atoms. The van der Waals surface area contributed by atoms with Crippen molar-refractivity contribution in [2.45, 2.75) is 19.4 Å². The maximum absolute atomic E-state index is 12.0. The number of nitrogens with one attached hydrogen (secondary N) is 3. The molecule has 5 nitrogen and oxygen atoms in total. The van der Waals surface area contributed by atoms with E-state index in [9.17, 15) is 9.59 Å². The van der Waals surface area contributed by atoms with Crippen molar-refractivity contribution in [3.8, 4) is 0 Å². The fourth-order valence-electron chi connectivity index (χ4n) is 2.15. The lowest BCUT2D eigenvalue weighted by molar-refractivity contribution is -0.116. The Kier molecular flexibility index (Phi) is 6.07. The first-order valence-corrected chi connectivity index (χ1v) is 8.33. The van der Waals surface area contributed by atoms with Crippen molar-refractivity contribution in [3.63, 3.8) is 0 Å². The average Bonchev–Trinajstić information content (AvgIpc) is 2.49. The van der Waals surface area contributed by atoms with Crippen molar-refractivity contribution in [2.24, 2.45) is 0 Å². The van der Waals surface area contributed by atoms with E-state index >= 15 is 0 Å². The van der Waals surface area contributed by atoms with Gasteiger partial charge in [0, 0.05) is 48.3 Å². The van der Waals surface area contributed by atoms with E-state index in [4.69, 9.17) is 0 Å². The molecule has 0 aromatic heterocycles. The zero-order valence-corrected chi connectivity index (χ0v) is 13.0. The van der Waals surface area contributed by atoms with E-state index in [1.165, 1.54) is 0 Å². The number of anilines is 1. The Hall–Kier alpha value is -1.53. The summed E-state index contributed by atoms with van der Waals surface area (Å²) in [6.45, 7) is 3.44. The van der Waals surface area contributed by atoms with Crippen LogP contribution in [0.3, 0.4) is 0 Å². The van der Waals surface area contributed by atoms with Crippen LogP contribution in [0.5, 0.6) is 0 Å². The van der Waals surface area contributed by atoms with Gasteiger partial charge in [-0.15, -0.1) is 0 Å². The van der Waals surface area contributed by atoms with E-state index in [0.717, 1.165) is 23.7 Å². The van der Waals surface area contributed by atoms with Gasteiger partial charge in [0.05, 0.1) is 0 Å². The molecule has 1 saturated heterocycles. The number of rotatable bonds is 5. The highest BCUT2D eigenvalue weighted by Gasteiger charge is 2.16. The molecule has 21 heavy (non-hydrogen) atoms. The van der Waals surface area contributed by atoms with Gasteiger partial charge in [-0.25, -0.2) is 0 Å². The topological polar surface area (TPSA) is 70.2 Å². The van der Waals surface area contributed by atoms with Crippen LogP contribution in [-0.2, 0) is 4.79 Å². The lowest BCUT2D eigenvalue weighted by Gasteiger charge is -2.22. The largest absolute Gasteiger partial charge is 0.352 e. The van der Waals surface area contributed by atoms with Gasteiger partial charge in [0.1, 0.15) is 0 Å². The molecular weight excluding hydrogens is 286 g/mol. The minimum Gasteiger partial charge on any atom is -0.352 e. The van der Waals surface area contributed by atoms with Gasteiger partial charge in [-0.3, -0.25) is 9.59 Å². The summed E-state index contributed by atoms with van der Waals surface area (Å²) in [6, 6.07) is 7.19. The third-order valence-corrected chi connectivity index (χ3v) is 4.33. The highest BCUT2D eigenvalue weighted by Crippen LogP contribution is 2.13. The smallest absolute Gasteiger partial charge is 0.251 e. The Balaban J connectivity index is 1.84. The molecule has 0 radical (unpaired) electrons. The maximum Gasteiger partial charge on any atom is 0.251 e. The summed E-state index contributed by atoms with van der Waals surface area (Å²) >= 11 is 1.87. The van der Waals surface area contributed by atoms with Gasteiger partial charge in [0.15, 0.2) is 0 Å². The monoisotopic (exact) mass is 307 g/mol. The quantitative estimate of drug-likeness (QED) is 0.770. The van der Waals surface area contributed by atoms with Crippen LogP contribution in [0.15, 0.2) is 24.3 Å². The molecule has 1 unspecified atom stereocenters. The van der Waals surface area contributed by atoms with Crippen molar-refractivity contribution < 1.29 is 9.59 Å². The average molecular weight is 307 g/mol. The molecule has 6 heteroatoms. The Morgan fingerprint density at radius 3 is 2.71 bits per heavy atom. The fraction of sp³-hybridized carbons (Fsp3) is 0.467. The molecule has 1 heterocycles. The van der Waals surface area contributed by atoms with Gasteiger partial charge in [0.2, 0.25) is 5.91 Å². The summed E-state index contributed by atoms with van der Waals surface area (Å²) < 4.78 is 0. The lowest BCUT2D eigenvalue weighted by Crippen LogP contribution is -2.39. The Morgan fingerprint density at radius 2 is 2.10 bits per heavy atom. The van der Waals surface area contributed by atoms with E-state index in [0.29, 0.717) is 18.5 Å². The molecule has 2 amide bonds. The number of carbonyl (C=O) groups is 2. The molecule has 0 spiro atoms. The zero-order valence-electron chi connectivity index (χ0n) is 12.1. The maximum atomic E-state index is 12.0. The van der Waals surface area contributed by atoms with E-state index < -0.39 is 0 Å². The fourth-order valence-corrected chi connectivity index (χ4v) is 3.10. The first-order valence-electron chi connectivity index (χ1n) is 7.18. The van der Waals surface area contributed by atoms with Crippen LogP contribution >= 0.6 is 11.8 Å². The molecule has 1 aromatic carbocycles. The van der Waals surface area contributed by atoms with Crippen LogP contribution in [0.1, 0.15) is 23.7 Å². The molecule has 3 N–H and O–H groups in total. The first kappa shape index (κ1) is 15.9. The van der Waals surface area contributed by atoms with Gasteiger partial charge < -0.3 is 16.0 Å². The SMILES string of the molecule is CCNC(=O)c1ccc(NC(=O)CC2CSCCN2)cc1. The Labute approximate surface area is 129 Å². The molecule has 114 valence electrons. The van der Waals surface area contributed by atoms with E-state index in [-0.39, 0.29) is 17.9 Å². The second-order valence-electron chi connectivity index (χ2n) is 4.92. The summed E-state index contributed by atoms with van der Waals surface area (Å²) in [5.74, 6) is 1.99. The van der Waals surface area contributed by atoms with Crippen LogP contribution in [-0.4, -0.2) is 42.5 Å². The third kappa shape index (κ3) is 5.06. The predicted molar refractivity (Wildman–Crippen MR) is 86.8 cm³/mol. The van der Waals surface area contributed by atoms with Gasteiger partial charge in [-0.2, -0.15) is 11.8 Å². The molecule has 0 saturated carbocycles. The van der Waals surface area contributed by atoms with Crippen LogP contribution in [0, 0.1) is 0 Å². The Morgan fingerprint density at radius 1 is 1.33 bits per heavy atom. The number of hydrogen-bond acceptors (Lipinski definition) is 4. The molecule has 0 aliphatic carbocycles. The number of carbonyl (C=O) groups excluding carboxylic acids is 2. The second kappa shape index (κ2) is 8.05. The van der Waals surface area contributed by atoms with Crippen molar-refractivity contribution >= 4 is 29.3 Å². The lowest BCUT2D eigenvalue weighted by atomic mass is 10.1. The summed E-state index contributed by atoms with van der Waals surface area (Å²) in [4.78, 5) is 23.6. The number of benzene rings is 1. The van der Waals surface area contributed by atoms with Crippen LogP contribution in [0.4, 0.5) is 5.69 Å². The molecule has 1 aliphatic rings. The van der Waals surface area contributed by atoms with Gasteiger partial charge in [-0.05, 0) is 31.2 Å². The third-order valence-electron chi connectivity index (χ3n) is 3.20. The minimum atomic E-state index is -0.0983. The highest BCUT2D eigenvalue weighted by atomic mass is 32.2. The van der Waals surface area contributed by atoms with Crippen molar-refractivity contribution in [3.05, 3.63) is 29.8 Å². The molecule has 1 aromatic rings. The number of thioether (sulfide) groups is 1. The number of hydrogen-bond donors (Lipinski definition) is 3. The first-order chi connectivity index (χ1) is 10.2. The summed E-state index contributed by atoms with van der Waals surface area (Å²) in [7, 11) is 0. The van der Waals surface area contributed by atoms with E-state index in [1.807, 2.05) is 18.7 Å². The van der Waals surface area contributed by atoms with Crippen molar-refractivity contribution in [1.29, 1.82) is 0 Å². The number of amides is 2. The summed E-state index contributed by atoms with van der Waals surface area (Å²) in [6.07, 6.45) is 0.477. The standard InChI is InChI=1S/C15H21N3O2S/c1-2-16-15(20)11-3-5-12(6-4-11)18-14(19)9-13-10-21-8-7-17-13/h3-6,13,17H,2,7-10H2,1H3,(H,16,20)(H,18,19). The summed E-state index contributed by atoms with van der Waals surface area (Å²) in [5, 5.41) is 8.95. The van der Waals surface area contributed by atoms with Crippen molar-refractivity contribution in [1.82, 2.24) is 10.6 Å². The molecular formula is C15H21N3O2S. The highest BCUT2D eigenvalue weighted by molar-refractivity contribution is 7.99. The Bertz CT molecular complexity index is 484. The molecule has 1 atom stereocenters. The van der Waals surface area contributed by atoms with Crippen LogP contribution in [0.2, 0.25) is 0 Å². The van der Waals surface area contributed by atoms with Crippen molar-refractivity contribution in [2.75, 3.05) is 29.9 Å². The molecule has 1 aliphatic heterocycles. The molecule has 1 fully saturated rings. The zero-order chi connectivity index (χ0) is 15.1. The van der Waals surface area contributed by atoms with Gasteiger partial charge >= 0.3 is 0 Å². The predicted octanol–water partition coefficient (Wildman–Crippen LogP) is 1.47.